The number of hydrogen-bond acceptors (Lipinski definition) is 4. The van der Waals surface area contributed by atoms with Crippen LogP contribution in [-0.2, 0) is 11.3 Å². The number of rotatable bonds is 4. The number of likely N-dealkylation sites (tertiary alicyclic amines) is 1. The summed E-state index contributed by atoms with van der Waals surface area (Å²) < 4.78 is 10.9. The standard InChI is InChI=1S/C20H27N3O4/c1-26-17-10-6-5-7-14(17)11-23-16-12-22(13-18(16)27-20(23)25)19(24)21-15-8-3-2-4-9-15/h5-7,10,15-16,18H,2-4,8-9,11-13H2,1H3,(H,21,24)/t16-,18+/m1/s1. The van der Waals surface area contributed by atoms with Gasteiger partial charge in [0.15, 0.2) is 0 Å². The van der Waals surface area contributed by atoms with E-state index in [1.54, 1.807) is 16.9 Å². The molecule has 3 aliphatic rings. The first-order valence-corrected chi connectivity index (χ1v) is 9.80. The van der Waals surface area contributed by atoms with E-state index in [1.165, 1.54) is 19.3 Å². The number of carbonyl (C=O) groups is 2. The van der Waals surface area contributed by atoms with Crippen molar-refractivity contribution in [3.8, 4) is 5.75 Å². The maximum Gasteiger partial charge on any atom is 0.410 e. The van der Waals surface area contributed by atoms with E-state index in [0.717, 1.165) is 24.2 Å². The van der Waals surface area contributed by atoms with Crippen LogP contribution >= 0.6 is 0 Å². The predicted octanol–water partition coefficient (Wildman–Crippen LogP) is 2.74. The van der Waals surface area contributed by atoms with Crippen LogP contribution in [0.1, 0.15) is 37.7 Å². The largest absolute Gasteiger partial charge is 0.496 e. The highest BCUT2D eigenvalue weighted by atomic mass is 16.6. The Hall–Kier alpha value is -2.44. The Morgan fingerprint density at radius 2 is 2.00 bits per heavy atom. The zero-order chi connectivity index (χ0) is 18.8. The van der Waals surface area contributed by atoms with Gasteiger partial charge in [0.1, 0.15) is 11.9 Å². The van der Waals surface area contributed by atoms with Crippen LogP contribution in [0.5, 0.6) is 5.75 Å². The summed E-state index contributed by atoms with van der Waals surface area (Å²) in [4.78, 5) is 28.5. The van der Waals surface area contributed by atoms with Gasteiger partial charge in [-0.05, 0) is 18.9 Å². The Labute approximate surface area is 159 Å². The maximum absolute atomic E-state index is 12.6. The monoisotopic (exact) mass is 373 g/mol. The minimum absolute atomic E-state index is 0.0374. The van der Waals surface area contributed by atoms with Gasteiger partial charge in [-0.2, -0.15) is 0 Å². The number of carbonyl (C=O) groups excluding carboxylic acids is 2. The third-order valence-corrected chi connectivity index (χ3v) is 5.88. The van der Waals surface area contributed by atoms with Gasteiger partial charge in [0.2, 0.25) is 0 Å². The van der Waals surface area contributed by atoms with Gasteiger partial charge in [0.25, 0.3) is 0 Å². The second kappa shape index (κ2) is 7.66. The average Bonchev–Trinajstić information content (AvgIpc) is 3.22. The SMILES string of the molecule is COc1ccccc1CN1C(=O)O[C@H]2CN(C(=O)NC3CCCCC3)C[C@H]21. The van der Waals surface area contributed by atoms with E-state index in [1.807, 2.05) is 24.3 Å². The fourth-order valence-electron chi connectivity index (χ4n) is 4.38. The van der Waals surface area contributed by atoms with Crippen LogP contribution in [0.4, 0.5) is 9.59 Å². The molecule has 2 heterocycles. The van der Waals surface area contributed by atoms with Crippen molar-refractivity contribution in [3.63, 3.8) is 0 Å². The van der Waals surface area contributed by atoms with E-state index >= 15 is 0 Å². The maximum atomic E-state index is 12.6. The summed E-state index contributed by atoms with van der Waals surface area (Å²) in [7, 11) is 1.62. The minimum Gasteiger partial charge on any atom is -0.496 e. The van der Waals surface area contributed by atoms with Crippen molar-refractivity contribution in [3.05, 3.63) is 29.8 Å². The smallest absolute Gasteiger partial charge is 0.410 e. The van der Waals surface area contributed by atoms with E-state index in [4.69, 9.17) is 9.47 Å². The first-order chi connectivity index (χ1) is 13.2. The van der Waals surface area contributed by atoms with Crippen molar-refractivity contribution in [2.75, 3.05) is 20.2 Å². The molecule has 1 aromatic rings. The summed E-state index contributed by atoms with van der Waals surface area (Å²) in [6.07, 6.45) is 5.16. The average molecular weight is 373 g/mol. The van der Waals surface area contributed by atoms with Gasteiger partial charge in [0, 0.05) is 18.2 Å². The molecule has 0 spiro atoms. The minimum atomic E-state index is -0.316. The molecular formula is C20H27N3O4. The van der Waals surface area contributed by atoms with Crippen LogP contribution in [0.25, 0.3) is 0 Å². The van der Waals surface area contributed by atoms with Gasteiger partial charge >= 0.3 is 12.1 Å². The van der Waals surface area contributed by atoms with Gasteiger partial charge in [-0.15, -0.1) is 0 Å². The van der Waals surface area contributed by atoms with E-state index in [0.29, 0.717) is 19.6 Å². The van der Waals surface area contributed by atoms with E-state index in [-0.39, 0.29) is 30.3 Å². The zero-order valence-corrected chi connectivity index (χ0v) is 15.7. The number of nitrogens with one attached hydrogen (secondary N) is 1. The normalized spacial score (nSPS) is 25.3. The number of ether oxygens (including phenoxy) is 2. The van der Waals surface area contributed by atoms with Crippen LogP contribution in [0, 0.1) is 0 Å². The number of methoxy groups -OCH3 is 1. The molecule has 2 saturated heterocycles. The highest BCUT2D eigenvalue weighted by Gasteiger charge is 2.49. The Bertz CT molecular complexity index is 704. The molecule has 27 heavy (non-hydrogen) atoms. The van der Waals surface area contributed by atoms with E-state index < -0.39 is 0 Å². The summed E-state index contributed by atoms with van der Waals surface area (Å²) in [6.45, 7) is 1.38. The van der Waals surface area contributed by atoms with Crippen LogP contribution in [-0.4, -0.2) is 60.3 Å². The third-order valence-electron chi connectivity index (χ3n) is 5.88. The molecule has 7 heteroatoms. The topological polar surface area (TPSA) is 71.1 Å². The van der Waals surface area contributed by atoms with Crippen molar-refractivity contribution < 1.29 is 19.1 Å². The second-order valence-electron chi connectivity index (χ2n) is 7.62. The molecule has 7 nitrogen and oxygen atoms in total. The number of benzene rings is 1. The first-order valence-electron chi connectivity index (χ1n) is 9.80. The summed E-state index contributed by atoms with van der Waals surface area (Å²) >= 11 is 0. The van der Waals surface area contributed by atoms with Crippen LogP contribution in [0.3, 0.4) is 0 Å². The van der Waals surface area contributed by atoms with Crippen molar-refractivity contribution in [2.45, 2.75) is 56.8 Å². The molecule has 2 aliphatic heterocycles. The molecule has 0 aromatic heterocycles. The molecule has 0 radical (unpaired) electrons. The lowest BCUT2D eigenvalue weighted by Gasteiger charge is -2.27. The number of para-hydroxylation sites is 1. The number of hydrogen-bond donors (Lipinski definition) is 1. The van der Waals surface area contributed by atoms with Gasteiger partial charge in [-0.3, -0.25) is 4.90 Å². The Morgan fingerprint density at radius 3 is 2.78 bits per heavy atom. The third kappa shape index (κ3) is 3.68. The summed E-state index contributed by atoms with van der Waals surface area (Å²) in [6, 6.07) is 7.78. The molecular weight excluding hydrogens is 346 g/mol. The molecule has 1 aromatic carbocycles. The lowest BCUT2D eigenvalue weighted by Crippen LogP contribution is -2.46. The van der Waals surface area contributed by atoms with E-state index in [9.17, 15) is 9.59 Å². The number of urea groups is 1. The van der Waals surface area contributed by atoms with Crippen molar-refractivity contribution >= 4 is 12.1 Å². The Kier molecular flexibility index (Phi) is 5.09. The molecule has 0 unspecified atom stereocenters. The summed E-state index contributed by atoms with van der Waals surface area (Å²) in [5, 5.41) is 3.15. The summed E-state index contributed by atoms with van der Waals surface area (Å²) in [5.74, 6) is 0.749. The summed E-state index contributed by atoms with van der Waals surface area (Å²) in [5.41, 5.74) is 0.933. The van der Waals surface area contributed by atoms with Crippen molar-refractivity contribution in [2.24, 2.45) is 0 Å². The fourth-order valence-corrected chi connectivity index (χ4v) is 4.38. The Morgan fingerprint density at radius 1 is 1.22 bits per heavy atom. The fraction of sp³-hybridized carbons (Fsp3) is 0.600. The van der Waals surface area contributed by atoms with Crippen LogP contribution in [0.2, 0.25) is 0 Å². The number of nitrogens with zero attached hydrogens (tertiary/aromatic N) is 2. The molecule has 0 bridgehead atoms. The number of amides is 3. The Balaban J connectivity index is 1.40. The van der Waals surface area contributed by atoms with Crippen LogP contribution < -0.4 is 10.1 Å². The lowest BCUT2D eigenvalue weighted by molar-refractivity contribution is 0.121. The molecule has 1 saturated carbocycles. The predicted molar refractivity (Wildman–Crippen MR) is 99.6 cm³/mol. The molecule has 2 atom stereocenters. The second-order valence-corrected chi connectivity index (χ2v) is 7.62. The molecule has 4 rings (SSSR count). The van der Waals surface area contributed by atoms with Crippen molar-refractivity contribution in [1.29, 1.82) is 0 Å². The highest BCUT2D eigenvalue weighted by Crippen LogP contribution is 2.30. The first kappa shape index (κ1) is 17.9. The van der Waals surface area contributed by atoms with Gasteiger partial charge in [0.05, 0.1) is 26.2 Å². The van der Waals surface area contributed by atoms with E-state index in [2.05, 4.69) is 5.32 Å². The van der Waals surface area contributed by atoms with Gasteiger partial charge in [-0.25, -0.2) is 9.59 Å². The van der Waals surface area contributed by atoms with Crippen molar-refractivity contribution in [1.82, 2.24) is 15.1 Å². The number of fused-ring (bicyclic) bond motifs is 1. The molecule has 3 fully saturated rings. The van der Waals surface area contributed by atoms with Gasteiger partial charge in [-0.1, -0.05) is 37.5 Å². The molecule has 3 amide bonds. The zero-order valence-electron chi connectivity index (χ0n) is 15.7. The van der Waals surface area contributed by atoms with Crippen LogP contribution in [0.15, 0.2) is 24.3 Å². The molecule has 1 aliphatic carbocycles. The molecule has 1 N–H and O–H groups in total. The highest BCUT2D eigenvalue weighted by molar-refractivity contribution is 5.77. The quantitative estimate of drug-likeness (QED) is 0.881. The lowest BCUT2D eigenvalue weighted by atomic mass is 9.96. The molecule has 146 valence electrons. The van der Waals surface area contributed by atoms with Gasteiger partial charge < -0.3 is 19.7 Å².